The molecule has 3 nitrogen and oxygen atoms in total. The van der Waals surface area contributed by atoms with E-state index in [2.05, 4.69) is 20.8 Å². The molecule has 0 heterocycles. The average molecular weight is 284 g/mol. The average Bonchev–Trinajstić information content (AvgIpc) is 2.47. The molecule has 2 rings (SSSR count). The predicted octanol–water partition coefficient (Wildman–Crippen LogP) is 4.21. The van der Waals surface area contributed by atoms with Crippen LogP contribution in [-0.2, 0) is 5.41 Å². The summed E-state index contributed by atoms with van der Waals surface area (Å²) in [5.74, 6) is 0.866. The number of esters is 1. The number of rotatable bonds is 3. The van der Waals surface area contributed by atoms with Crippen LogP contribution in [0, 0.1) is 0 Å². The number of methoxy groups -OCH3 is 1. The Bertz CT molecular complexity index is 604. The second-order valence-electron chi connectivity index (χ2n) is 5.89. The molecule has 0 aliphatic rings. The first-order valence-corrected chi connectivity index (χ1v) is 6.87. The van der Waals surface area contributed by atoms with Crippen molar-refractivity contribution in [1.82, 2.24) is 0 Å². The SMILES string of the molecule is COc1ccc(OC(=O)c2ccc(C(C)(C)C)cc2)cc1. The van der Waals surface area contributed by atoms with Crippen molar-refractivity contribution in [2.45, 2.75) is 26.2 Å². The van der Waals surface area contributed by atoms with Crippen LogP contribution in [0.1, 0.15) is 36.7 Å². The van der Waals surface area contributed by atoms with Gasteiger partial charge in [0, 0.05) is 0 Å². The van der Waals surface area contributed by atoms with Gasteiger partial charge in [-0.15, -0.1) is 0 Å². The van der Waals surface area contributed by atoms with Crippen molar-refractivity contribution in [2.24, 2.45) is 0 Å². The molecule has 0 atom stereocenters. The maximum absolute atomic E-state index is 12.1. The molecule has 0 N–H and O–H groups in total. The van der Waals surface area contributed by atoms with Gasteiger partial charge in [0.15, 0.2) is 0 Å². The maximum Gasteiger partial charge on any atom is 0.343 e. The van der Waals surface area contributed by atoms with Gasteiger partial charge in [-0.2, -0.15) is 0 Å². The first kappa shape index (κ1) is 15.1. The van der Waals surface area contributed by atoms with E-state index in [0.717, 1.165) is 5.75 Å². The summed E-state index contributed by atoms with van der Waals surface area (Å²) in [7, 11) is 1.60. The van der Waals surface area contributed by atoms with Crippen LogP contribution < -0.4 is 9.47 Å². The summed E-state index contributed by atoms with van der Waals surface area (Å²) in [4.78, 5) is 12.1. The second kappa shape index (κ2) is 6.00. The van der Waals surface area contributed by atoms with E-state index in [1.165, 1.54) is 5.56 Å². The molecule has 3 heteroatoms. The molecule has 0 aliphatic carbocycles. The van der Waals surface area contributed by atoms with Crippen LogP contribution in [0.4, 0.5) is 0 Å². The van der Waals surface area contributed by atoms with E-state index in [1.54, 1.807) is 43.5 Å². The van der Waals surface area contributed by atoms with Gasteiger partial charge < -0.3 is 9.47 Å². The molecule has 0 amide bonds. The van der Waals surface area contributed by atoms with Gasteiger partial charge in [0.25, 0.3) is 0 Å². The third kappa shape index (κ3) is 3.85. The lowest BCUT2D eigenvalue weighted by Crippen LogP contribution is -2.12. The lowest BCUT2D eigenvalue weighted by molar-refractivity contribution is 0.0734. The van der Waals surface area contributed by atoms with E-state index < -0.39 is 0 Å². The van der Waals surface area contributed by atoms with E-state index in [-0.39, 0.29) is 11.4 Å². The quantitative estimate of drug-likeness (QED) is 0.625. The molecule has 0 saturated carbocycles. The number of carbonyl (C=O) groups excluding carboxylic acids is 1. The highest BCUT2D eigenvalue weighted by Crippen LogP contribution is 2.23. The largest absolute Gasteiger partial charge is 0.497 e. The predicted molar refractivity (Wildman–Crippen MR) is 83.1 cm³/mol. The Morgan fingerprint density at radius 2 is 1.38 bits per heavy atom. The molecule has 0 unspecified atom stereocenters. The van der Waals surface area contributed by atoms with Crippen LogP contribution in [0.3, 0.4) is 0 Å². The lowest BCUT2D eigenvalue weighted by Gasteiger charge is -2.18. The van der Waals surface area contributed by atoms with E-state index in [4.69, 9.17) is 9.47 Å². The minimum atomic E-state index is -0.361. The van der Waals surface area contributed by atoms with E-state index in [9.17, 15) is 4.79 Å². The van der Waals surface area contributed by atoms with Crippen LogP contribution in [0.5, 0.6) is 11.5 Å². The molecule has 0 fully saturated rings. The van der Waals surface area contributed by atoms with E-state index in [0.29, 0.717) is 11.3 Å². The monoisotopic (exact) mass is 284 g/mol. The van der Waals surface area contributed by atoms with Crippen molar-refractivity contribution in [1.29, 1.82) is 0 Å². The third-order valence-corrected chi connectivity index (χ3v) is 3.26. The molecule has 2 aromatic rings. The molecule has 0 radical (unpaired) electrons. The second-order valence-corrected chi connectivity index (χ2v) is 5.89. The molecule has 0 bridgehead atoms. The van der Waals surface area contributed by atoms with Gasteiger partial charge in [-0.25, -0.2) is 4.79 Å². The minimum absolute atomic E-state index is 0.0679. The van der Waals surface area contributed by atoms with Crippen molar-refractivity contribution in [3.63, 3.8) is 0 Å². The summed E-state index contributed by atoms with van der Waals surface area (Å²) in [5, 5.41) is 0. The van der Waals surface area contributed by atoms with Crippen molar-refractivity contribution >= 4 is 5.97 Å². The zero-order chi connectivity index (χ0) is 15.5. The molecule has 110 valence electrons. The van der Waals surface area contributed by atoms with Gasteiger partial charge in [0.1, 0.15) is 11.5 Å². The van der Waals surface area contributed by atoms with Gasteiger partial charge in [-0.3, -0.25) is 0 Å². The van der Waals surface area contributed by atoms with E-state index >= 15 is 0 Å². The Balaban J connectivity index is 2.09. The molecule has 0 spiro atoms. The van der Waals surface area contributed by atoms with Crippen molar-refractivity contribution in [3.8, 4) is 11.5 Å². The molecular weight excluding hydrogens is 264 g/mol. The molecule has 0 aromatic heterocycles. The number of hydrogen-bond donors (Lipinski definition) is 0. The van der Waals surface area contributed by atoms with Crippen LogP contribution in [0.25, 0.3) is 0 Å². The van der Waals surface area contributed by atoms with Gasteiger partial charge in [0.05, 0.1) is 12.7 Å². The van der Waals surface area contributed by atoms with Crippen molar-refractivity contribution in [2.75, 3.05) is 7.11 Å². The van der Waals surface area contributed by atoms with Gasteiger partial charge in [0.2, 0.25) is 0 Å². The highest BCUT2D eigenvalue weighted by atomic mass is 16.5. The Morgan fingerprint density at radius 3 is 1.86 bits per heavy atom. The van der Waals surface area contributed by atoms with Crippen LogP contribution in [0.2, 0.25) is 0 Å². The maximum atomic E-state index is 12.1. The van der Waals surface area contributed by atoms with Crippen LogP contribution in [-0.4, -0.2) is 13.1 Å². The first-order chi connectivity index (χ1) is 9.90. The number of ether oxygens (including phenoxy) is 2. The van der Waals surface area contributed by atoms with Gasteiger partial charge in [-0.05, 0) is 47.4 Å². The summed E-state index contributed by atoms with van der Waals surface area (Å²) in [5.41, 5.74) is 1.79. The van der Waals surface area contributed by atoms with Crippen LogP contribution >= 0.6 is 0 Å². The zero-order valence-electron chi connectivity index (χ0n) is 12.8. The van der Waals surface area contributed by atoms with Crippen molar-refractivity contribution in [3.05, 3.63) is 59.7 Å². The number of benzene rings is 2. The fraction of sp³-hybridized carbons (Fsp3) is 0.278. The smallest absolute Gasteiger partial charge is 0.343 e. The highest BCUT2D eigenvalue weighted by molar-refractivity contribution is 5.91. The summed E-state index contributed by atoms with van der Waals surface area (Å²) in [6.45, 7) is 6.41. The molecule has 2 aromatic carbocycles. The molecule has 0 aliphatic heterocycles. The molecule has 21 heavy (non-hydrogen) atoms. The molecule has 0 saturated heterocycles. The van der Waals surface area contributed by atoms with Crippen molar-refractivity contribution < 1.29 is 14.3 Å². The van der Waals surface area contributed by atoms with E-state index in [1.807, 2.05) is 12.1 Å². The number of carbonyl (C=O) groups is 1. The normalized spacial score (nSPS) is 11.0. The summed E-state index contributed by atoms with van der Waals surface area (Å²) < 4.78 is 10.4. The fourth-order valence-corrected chi connectivity index (χ4v) is 1.92. The van der Waals surface area contributed by atoms with Gasteiger partial charge in [-0.1, -0.05) is 32.9 Å². The topological polar surface area (TPSA) is 35.5 Å². The summed E-state index contributed by atoms with van der Waals surface area (Å²) in [6.07, 6.45) is 0. The number of hydrogen-bond acceptors (Lipinski definition) is 3. The lowest BCUT2D eigenvalue weighted by atomic mass is 9.87. The molecular formula is C18H20O3. The Labute approximate surface area is 125 Å². The van der Waals surface area contributed by atoms with Crippen LogP contribution in [0.15, 0.2) is 48.5 Å². The third-order valence-electron chi connectivity index (χ3n) is 3.26. The van der Waals surface area contributed by atoms with Gasteiger partial charge >= 0.3 is 5.97 Å². The Kier molecular flexibility index (Phi) is 4.32. The summed E-state index contributed by atoms with van der Waals surface area (Å²) >= 11 is 0. The standard InChI is InChI=1S/C18H20O3/c1-18(2,3)14-7-5-13(6-8-14)17(19)21-16-11-9-15(20-4)10-12-16/h5-12H,1-4H3. The fourth-order valence-electron chi connectivity index (χ4n) is 1.92. The minimum Gasteiger partial charge on any atom is -0.497 e. The highest BCUT2D eigenvalue weighted by Gasteiger charge is 2.15. The summed E-state index contributed by atoms with van der Waals surface area (Å²) in [6, 6.07) is 14.4. The zero-order valence-corrected chi connectivity index (χ0v) is 12.8. The first-order valence-electron chi connectivity index (χ1n) is 6.87. The Hall–Kier alpha value is -2.29. The Morgan fingerprint density at radius 1 is 0.857 bits per heavy atom.